The van der Waals surface area contributed by atoms with Crippen molar-refractivity contribution < 1.29 is 19.1 Å². The summed E-state index contributed by atoms with van der Waals surface area (Å²) >= 11 is 0. The van der Waals surface area contributed by atoms with E-state index in [9.17, 15) is 9.59 Å². The first-order chi connectivity index (χ1) is 13.4. The standard InChI is InChI=1S/C20H26N4O4/c1-12(2)14-10-15(23-22-14)20(26)24-9-8-13(11-24)21-19(25)18-16(27-3)6-5-7-17(18)28-4/h5-7,10,12-13H,8-9,11H2,1-4H3,(H,21,25)(H,22,23). The Kier molecular flexibility index (Phi) is 5.87. The maximum absolute atomic E-state index is 12.8. The quantitative estimate of drug-likeness (QED) is 0.793. The molecule has 8 heteroatoms. The number of benzene rings is 1. The second-order valence-electron chi connectivity index (χ2n) is 7.11. The number of aromatic nitrogens is 2. The van der Waals surface area contributed by atoms with E-state index >= 15 is 0 Å². The number of likely N-dealkylation sites (tertiary alicyclic amines) is 1. The van der Waals surface area contributed by atoms with E-state index in [-0.39, 0.29) is 23.8 Å². The van der Waals surface area contributed by atoms with Crippen LogP contribution in [0.2, 0.25) is 0 Å². The van der Waals surface area contributed by atoms with Crippen LogP contribution in [0.25, 0.3) is 0 Å². The van der Waals surface area contributed by atoms with Crippen LogP contribution in [-0.2, 0) is 0 Å². The van der Waals surface area contributed by atoms with Gasteiger partial charge in [0.25, 0.3) is 11.8 Å². The van der Waals surface area contributed by atoms with Gasteiger partial charge in [0.1, 0.15) is 22.8 Å². The number of hydrogen-bond acceptors (Lipinski definition) is 5. The van der Waals surface area contributed by atoms with E-state index in [0.29, 0.717) is 42.3 Å². The van der Waals surface area contributed by atoms with E-state index in [2.05, 4.69) is 15.5 Å². The summed E-state index contributed by atoms with van der Waals surface area (Å²) in [5, 5.41) is 10.0. The summed E-state index contributed by atoms with van der Waals surface area (Å²) in [4.78, 5) is 27.2. The van der Waals surface area contributed by atoms with E-state index in [4.69, 9.17) is 9.47 Å². The summed E-state index contributed by atoms with van der Waals surface area (Å²) in [7, 11) is 3.02. The third-order valence-electron chi connectivity index (χ3n) is 4.90. The van der Waals surface area contributed by atoms with Crippen molar-refractivity contribution >= 4 is 11.8 Å². The molecular weight excluding hydrogens is 360 g/mol. The highest BCUT2D eigenvalue weighted by Gasteiger charge is 2.30. The molecular formula is C20H26N4O4. The molecule has 2 N–H and O–H groups in total. The summed E-state index contributed by atoms with van der Waals surface area (Å²) in [5.74, 6) is 0.752. The highest BCUT2D eigenvalue weighted by atomic mass is 16.5. The van der Waals surface area contributed by atoms with Crippen LogP contribution < -0.4 is 14.8 Å². The Balaban J connectivity index is 1.66. The molecule has 2 aromatic rings. The first kappa shape index (κ1) is 19.7. The van der Waals surface area contributed by atoms with Crippen LogP contribution in [0.5, 0.6) is 11.5 Å². The molecule has 0 aliphatic carbocycles. The lowest BCUT2D eigenvalue weighted by atomic mass is 10.1. The molecule has 1 fully saturated rings. The van der Waals surface area contributed by atoms with E-state index in [1.54, 1.807) is 29.2 Å². The van der Waals surface area contributed by atoms with Gasteiger partial charge in [0.15, 0.2) is 0 Å². The van der Waals surface area contributed by atoms with Crippen LogP contribution in [0.3, 0.4) is 0 Å². The van der Waals surface area contributed by atoms with Crippen molar-refractivity contribution in [3.05, 3.63) is 41.2 Å². The number of carbonyl (C=O) groups is 2. The first-order valence-corrected chi connectivity index (χ1v) is 9.31. The number of rotatable bonds is 6. The minimum Gasteiger partial charge on any atom is -0.496 e. The smallest absolute Gasteiger partial charge is 0.274 e. The Morgan fingerprint density at radius 2 is 1.93 bits per heavy atom. The zero-order chi connectivity index (χ0) is 20.3. The molecule has 2 heterocycles. The molecule has 28 heavy (non-hydrogen) atoms. The largest absolute Gasteiger partial charge is 0.496 e. The molecule has 1 atom stereocenters. The fraction of sp³-hybridized carbons (Fsp3) is 0.450. The molecule has 0 bridgehead atoms. The fourth-order valence-electron chi connectivity index (χ4n) is 3.30. The number of nitrogens with one attached hydrogen (secondary N) is 2. The van der Waals surface area contributed by atoms with Crippen molar-refractivity contribution in [3.63, 3.8) is 0 Å². The Labute approximate surface area is 164 Å². The summed E-state index contributed by atoms with van der Waals surface area (Å²) in [6, 6.07) is 6.84. The Morgan fingerprint density at radius 1 is 1.25 bits per heavy atom. The third kappa shape index (κ3) is 3.95. The van der Waals surface area contributed by atoms with Crippen molar-refractivity contribution in [2.45, 2.75) is 32.2 Å². The van der Waals surface area contributed by atoms with Crippen LogP contribution >= 0.6 is 0 Å². The molecule has 1 aromatic carbocycles. The Bertz CT molecular complexity index is 839. The summed E-state index contributed by atoms with van der Waals surface area (Å²) in [5.41, 5.74) is 1.68. The van der Waals surface area contributed by atoms with Gasteiger partial charge >= 0.3 is 0 Å². The minimum absolute atomic E-state index is 0.130. The lowest BCUT2D eigenvalue weighted by Gasteiger charge is -2.17. The molecule has 0 saturated carbocycles. The molecule has 1 unspecified atom stereocenters. The number of ether oxygens (including phenoxy) is 2. The van der Waals surface area contributed by atoms with E-state index in [0.717, 1.165) is 5.69 Å². The van der Waals surface area contributed by atoms with Crippen LogP contribution in [0.1, 0.15) is 52.7 Å². The molecule has 150 valence electrons. The predicted octanol–water partition coefficient (Wildman–Crippen LogP) is 2.19. The molecule has 0 radical (unpaired) electrons. The van der Waals surface area contributed by atoms with Gasteiger partial charge in [0.05, 0.1) is 14.2 Å². The van der Waals surface area contributed by atoms with Gasteiger partial charge in [-0.1, -0.05) is 19.9 Å². The van der Waals surface area contributed by atoms with Crippen molar-refractivity contribution in [1.29, 1.82) is 0 Å². The maximum atomic E-state index is 12.8. The summed E-state index contributed by atoms with van der Waals surface area (Å²) in [6.07, 6.45) is 0.677. The third-order valence-corrected chi connectivity index (χ3v) is 4.90. The number of aromatic amines is 1. The van der Waals surface area contributed by atoms with Crippen LogP contribution in [-0.4, -0.2) is 60.3 Å². The summed E-state index contributed by atoms with van der Waals surface area (Å²) < 4.78 is 10.6. The van der Waals surface area contributed by atoms with Crippen LogP contribution in [0.4, 0.5) is 0 Å². The predicted molar refractivity (Wildman–Crippen MR) is 104 cm³/mol. The molecule has 2 amide bonds. The number of amides is 2. The van der Waals surface area contributed by atoms with Crippen molar-refractivity contribution in [2.24, 2.45) is 0 Å². The van der Waals surface area contributed by atoms with Gasteiger partial charge in [0.2, 0.25) is 0 Å². The maximum Gasteiger partial charge on any atom is 0.274 e. The molecule has 1 aliphatic heterocycles. The number of nitrogens with zero attached hydrogens (tertiary/aromatic N) is 2. The first-order valence-electron chi connectivity index (χ1n) is 9.31. The van der Waals surface area contributed by atoms with Gasteiger partial charge in [0, 0.05) is 24.8 Å². The molecule has 3 rings (SSSR count). The van der Waals surface area contributed by atoms with Crippen molar-refractivity contribution in [2.75, 3.05) is 27.3 Å². The fourth-order valence-corrected chi connectivity index (χ4v) is 3.30. The van der Waals surface area contributed by atoms with Gasteiger partial charge in [-0.25, -0.2) is 0 Å². The molecule has 1 aliphatic rings. The SMILES string of the molecule is COc1cccc(OC)c1C(=O)NC1CCN(C(=O)c2cc(C(C)C)[nH]n2)C1. The molecule has 1 aromatic heterocycles. The highest BCUT2D eigenvalue weighted by Crippen LogP contribution is 2.28. The van der Waals surface area contributed by atoms with Gasteiger partial charge < -0.3 is 19.7 Å². The van der Waals surface area contributed by atoms with Crippen molar-refractivity contribution in [1.82, 2.24) is 20.4 Å². The second-order valence-corrected chi connectivity index (χ2v) is 7.11. The lowest BCUT2D eigenvalue weighted by Crippen LogP contribution is -2.38. The van der Waals surface area contributed by atoms with E-state index < -0.39 is 0 Å². The van der Waals surface area contributed by atoms with E-state index in [1.807, 2.05) is 13.8 Å². The monoisotopic (exact) mass is 386 g/mol. The molecule has 0 spiro atoms. The van der Waals surface area contributed by atoms with Gasteiger partial charge in [-0.2, -0.15) is 5.10 Å². The van der Waals surface area contributed by atoms with Crippen LogP contribution in [0.15, 0.2) is 24.3 Å². The van der Waals surface area contributed by atoms with Crippen LogP contribution in [0, 0.1) is 0 Å². The second kappa shape index (κ2) is 8.33. The zero-order valence-electron chi connectivity index (χ0n) is 16.6. The molecule has 8 nitrogen and oxygen atoms in total. The minimum atomic E-state index is -0.282. The highest BCUT2D eigenvalue weighted by molar-refractivity contribution is 6.00. The zero-order valence-corrected chi connectivity index (χ0v) is 16.6. The number of carbonyl (C=O) groups excluding carboxylic acids is 2. The molecule has 1 saturated heterocycles. The Morgan fingerprint density at radius 3 is 2.50 bits per heavy atom. The Hall–Kier alpha value is -3.03. The average Bonchev–Trinajstić information content (AvgIpc) is 3.36. The number of methoxy groups -OCH3 is 2. The lowest BCUT2D eigenvalue weighted by molar-refractivity contribution is 0.0777. The average molecular weight is 386 g/mol. The van der Waals surface area contributed by atoms with Gasteiger partial charge in [-0.3, -0.25) is 14.7 Å². The normalized spacial score (nSPS) is 16.3. The number of hydrogen-bond donors (Lipinski definition) is 2. The van der Waals surface area contributed by atoms with Gasteiger partial charge in [-0.15, -0.1) is 0 Å². The number of H-pyrrole nitrogens is 1. The van der Waals surface area contributed by atoms with Crippen molar-refractivity contribution in [3.8, 4) is 11.5 Å². The van der Waals surface area contributed by atoms with Gasteiger partial charge in [-0.05, 0) is 30.5 Å². The summed E-state index contributed by atoms with van der Waals surface area (Å²) in [6.45, 7) is 5.08. The van der Waals surface area contributed by atoms with E-state index in [1.165, 1.54) is 14.2 Å². The topological polar surface area (TPSA) is 96.5 Å².